The number of methoxy groups -OCH3 is 1. The van der Waals surface area contributed by atoms with E-state index >= 15 is 0 Å². The van der Waals surface area contributed by atoms with E-state index in [0.717, 1.165) is 94.6 Å². The molecule has 0 spiro atoms. The zero-order valence-electron chi connectivity index (χ0n) is 28.6. The molecule has 0 atom stereocenters. The summed E-state index contributed by atoms with van der Waals surface area (Å²) in [5.74, 6) is 0.609. The van der Waals surface area contributed by atoms with Crippen molar-refractivity contribution in [2.75, 3.05) is 70.2 Å². The Balaban J connectivity index is 1.37. The van der Waals surface area contributed by atoms with Gasteiger partial charge < -0.3 is 19.3 Å². The van der Waals surface area contributed by atoms with Crippen molar-refractivity contribution in [3.63, 3.8) is 0 Å². The first-order valence-corrected chi connectivity index (χ1v) is 18.1. The van der Waals surface area contributed by atoms with Gasteiger partial charge in [-0.15, -0.1) is 0 Å². The van der Waals surface area contributed by atoms with Crippen LogP contribution in [0.2, 0.25) is 0 Å². The Kier molecular flexibility index (Phi) is 12.8. The van der Waals surface area contributed by atoms with Crippen LogP contribution in [0, 0.1) is 6.92 Å². The molecule has 2 saturated heterocycles. The molecule has 1 amide bonds. The summed E-state index contributed by atoms with van der Waals surface area (Å²) < 4.78 is 41.5. The molecular formula is C35H54N4O6S. The molecule has 1 N–H and O–H groups in total. The van der Waals surface area contributed by atoms with Crippen LogP contribution in [0.25, 0.3) is 0 Å². The maximum absolute atomic E-state index is 12.7. The number of carbonyl (C=O) groups is 1. The molecule has 2 aliphatic rings. The molecule has 11 heteroatoms. The number of benzene rings is 2. The highest BCUT2D eigenvalue weighted by atomic mass is 32.2. The van der Waals surface area contributed by atoms with Gasteiger partial charge in [0.1, 0.15) is 11.4 Å². The van der Waals surface area contributed by atoms with E-state index in [4.69, 9.17) is 13.7 Å². The van der Waals surface area contributed by atoms with E-state index in [1.807, 2.05) is 33.8 Å². The number of amides is 1. The fourth-order valence-electron chi connectivity index (χ4n) is 6.16. The first-order valence-electron chi connectivity index (χ1n) is 16.7. The van der Waals surface area contributed by atoms with Crippen molar-refractivity contribution in [2.45, 2.75) is 89.2 Å². The quantitative estimate of drug-likeness (QED) is 0.203. The number of hydrogen-bond donors (Lipinski definition) is 1. The van der Waals surface area contributed by atoms with Crippen LogP contribution in [0.1, 0.15) is 70.4 Å². The summed E-state index contributed by atoms with van der Waals surface area (Å²) in [5, 5.41) is 2.90. The minimum atomic E-state index is -3.74. The highest BCUT2D eigenvalue weighted by molar-refractivity contribution is 7.86. The molecule has 4 rings (SSSR count). The van der Waals surface area contributed by atoms with Gasteiger partial charge in [0, 0.05) is 57.1 Å². The average molecular weight is 659 g/mol. The number of hydrogen-bond acceptors (Lipinski definition) is 9. The monoisotopic (exact) mass is 658 g/mol. The second-order valence-electron chi connectivity index (χ2n) is 13.6. The normalized spacial score (nSPS) is 17.2. The molecule has 256 valence electrons. The molecule has 2 aliphatic heterocycles. The van der Waals surface area contributed by atoms with E-state index in [1.165, 1.54) is 0 Å². The average Bonchev–Trinajstić information content (AvgIpc) is 3.00. The summed E-state index contributed by atoms with van der Waals surface area (Å²) in [5.41, 5.74) is 3.29. The molecule has 0 bridgehead atoms. The Morgan fingerprint density at radius 3 is 2.22 bits per heavy atom. The summed E-state index contributed by atoms with van der Waals surface area (Å²) >= 11 is 0. The van der Waals surface area contributed by atoms with Crippen LogP contribution in [-0.2, 0) is 25.5 Å². The smallest absolute Gasteiger partial charge is 0.412 e. The van der Waals surface area contributed by atoms with Crippen LogP contribution in [0.3, 0.4) is 0 Å². The summed E-state index contributed by atoms with van der Waals surface area (Å²) in [7, 11) is 0.0754. The zero-order valence-corrected chi connectivity index (χ0v) is 29.5. The molecule has 2 aromatic carbocycles. The standard InChI is InChI=1S/C35H54N4O6S/c1-27-12-14-30(15-13-27)46(41,42)44-24-10-8-7-9-11-28-25-31(36-34(40)45-35(2,3)4)33(43-6)26-32(28)39-18-16-29(17-19-39)38-22-20-37(5)21-23-38/h12-15,25-26,29H,7-11,16-24H2,1-6H3,(H,36,40). The van der Waals surface area contributed by atoms with Crippen molar-refractivity contribution in [2.24, 2.45) is 0 Å². The van der Waals surface area contributed by atoms with Crippen molar-refractivity contribution in [3.05, 3.63) is 47.5 Å². The number of unbranched alkanes of at least 4 members (excludes halogenated alkanes) is 3. The van der Waals surface area contributed by atoms with E-state index in [0.29, 0.717) is 23.9 Å². The SMILES string of the molecule is COc1cc(N2CCC(N3CCN(C)CC3)CC2)c(CCCCCCOS(=O)(=O)c2ccc(C)cc2)cc1NC(=O)OC(C)(C)C. The highest BCUT2D eigenvalue weighted by Gasteiger charge is 2.28. The molecule has 0 unspecified atom stereocenters. The molecule has 0 radical (unpaired) electrons. The molecule has 2 aromatic rings. The van der Waals surface area contributed by atoms with Gasteiger partial charge in [-0.05, 0) is 90.6 Å². The van der Waals surface area contributed by atoms with E-state index in [1.54, 1.807) is 31.4 Å². The Morgan fingerprint density at radius 2 is 1.59 bits per heavy atom. The summed E-state index contributed by atoms with van der Waals surface area (Å²) in [6, 6.07) is 11.4. The molecule has 10 nitrogen and oxygen atoms in total. The molecule has 0 saturated carbocycles. The fraction of sp³-hybridized carbons (Fsp3) is 0.629. The second-order valence-corrected chi connectivity index (χ2v) is 15.2. The van der Waals surface area contributed by atoms with Gasteiger partial charge in [-0.1, -0.05) is 30.5 Å². The summed E-state index contributed by atoms with van der Waals surface area (Å²) in [6.07, 6.45) is 5.92. The number of ether oxygens (including phenoxy) is 2. The predicted molar refractivity (Wildman–Crippen MR) is 184 cm³/mol. The number of rotatable bonds is 13. The maximum Gasteiger partial charge on any atom is 0.412 e. The molecule has 46 heavy (non-hydrogen) atoms. The third-order valence-electron chi connectivity index (χ3n) is 8.78. The lowest BCUT2D eigenvalue weighted by Gasteiger charge is -2.43. The van der Waals surface area contributed by atoms with Gasteiger partial charge in [0.25, 0.3) is 10.1 Å². The van der Waals surface area contributed by atoms with Crippen LogP contribution in [0.15, 0.2) is 41.3 Å². The Hall–Kier alpha value is -2.86. The van der Waals surface area contributed by atoms with Crippen molar-refractivity contribution in [1.29, 1.82) is 0 Å². The summed E-state index contributed by atoms with van der Waals surface area (Å²) in [4.78, 5) is 20.4. The number of piperidine rings is 1. The lowest BCUT2D eigenvalue weighted by atomic mass is 9.98. The minimum absolute atomic E-state index is 0.163. The number of piperazine rings is 1. The van der Waals surface area contributed by atoms with Gasteiger partial charge in [0.2, 0.25) is 0 Å². The van der Waals surface area contributed by atoms with Gasteiger partial charge in [0.15, 0.2) is 0 Å². The van der Waals surface area contributed by atoms with Gasteiger partial charge in [-0.2, -0.15) is 8.42 Å². The molecule has 2 heterocycles. The van der Waals surface area contributed by atoms with Crippen molar-refractivity contribution in [3.8, 4) is 5.75 Å². The van der Waals surface area contributed by atoms with Crippen molar-refractivity contribution >= 4 is 27.6 Å². The van der Waals surface area contributed by atoms with Crippen LogP contribution in [-0.4, -0.2) is 96.0 Å². The van der Waals surface area contributed by atoms with Gasteiger partial charge in [-0.25, -0.2) is 4.79 Å². The summed E-state index contributed by atoms with van der Waals surface area (Å²) in [6.45, 7) is 14.1. The molecular weight excluding hydrogens is 604 g/mol. The second kappa shape index (κ2) is 16.3. The zero-order chi connectivity index (χ0) is 33.3. The van der Waals surface area contributed by atoms with E-state index in [2.05, 4.69) is 33.1 Å². The van der Waals surface area contributed by atoms with Crippen molar-refractivity contribution < 1.29 is 26.9 Å². The third-order valence-corrected chi connectivity index (χ3v) is 10.1. The lowest BCUT2D eigenvalue weighted by molar-refractivity contribution is 0.0635. The van der Waals surface area contributed by atoms with Gasteiger partial charge in [-0.3, -0.25) is 14.4 Å². The third kappa shape index (κ3) is 10.6. The lowest BCUT2D eigenvalue weighted by Crippen LogP contribution is -2.52. The van der Waals surface area contributed by atoms with E-state index in [9.17, 15) is 13.2 Å². The number of nitrogens with one attached hydrogen (secondary N) is 1. The highest BCUT2D eigenvalue weighted by Crippen LogP contribution is 2.37. The molecule has 0 aromatic heterocycles. The Labute approximate surface area is 276 Å². The largest absolute Gasteiger partial charge is 0.494 e. The van der Waals surface area contributed by atoms with Crippen LogP contribution in [0.4, 0.5) is 16.2 Å². The number of likely N-dealkylation sites (N-methyl/N-ethyl adjacent to an activating group) is 1. The van der Waals surface area contributed by atoms with E-state index in [-0.39, 0.29) is 11.5 Å². The van der Waals surface area contributed by atoms with Crippen LogP contribution < -0.4 is 15.0 Å². The van der Waals surface area contributed by atoms with Crippen molar-refractivity contribution in [1.82, 2.24) is 9.80 Å². The first-order chi connectivity index (χ1) is 21.8. The van der Waals surface area contributed by atoms with Crippen LogP contribution >= 0.6 is 0 Å². The maximum atomic E-state index is 12.7. The Bertz CT molecular complexity index is 1380. The number of aryl methyl sites for hydroxylation is 2. The number of anilines is 2. The predicted octanol–water partition coefficient (Wildman–Crippen LogP) is 6.08. The first kappa shape index (κ1) is 36.0. The van der Waals surface area contributed by atoms with Gasteiger partial charge >= 0.3 is 6.09 Å². The fourth-order valence-corrected chi connectivity index (χ4v) is 7.10. The van der Waals surface area contributed by atoms with E-state index < -0.39 is 21.8 Å². The minimum Gasteiger partial charge on any atom is -0.494 e. The van der Waals surface area contributed by atoms with Crippen LogP contribution in [0.5, 0.6) is 5.75 Å². The number of carbonyl (C=O) groups excluding carboxylic acids is 1. The van der Waals surface area contributed by atoms with Gasteiger partial charge in [0.05, 0.1) is 24.3 Å². The number of nitrogens with zero attached hydrogens (tertiary/aromatic N) is 3. The molecule has 2 fully saturated rings. The Morgan fingerprint density at radius 1 is 0.935 bits per heavy atom. The topological polar surface area (TPSA) is 101 Å². The molecule has 0 aliphatic carbocycles.